The predicted octanol–water partition coefficient (Wildman–Crippen LogP) is 3.22. The first-order valence-corrected chi connectivity index (χ1v) is 10.5. The molecule has 2 unspecified atom stereocenters. The molecule has 4 heterocycles. The molecule has 168 valence electrons. The maximum Gasteiger partial charge on any atom is 0.361 e. The van der Waals surface area contributed by atoms with Crippen LogP contribution in [0.5, 0.6) is 0 Å². The van der Waals surface area contributed by atoms with Crippen LogP contribution in [-0.2, 0) is 9.53 Å². The summed E-state index contributed by atoms with van der Waals surface area (Å²) in [6, 6.07) is 6.86. The van der Waals surface area contributed by atoms with Gasteiger partial charge in [0, 0.05) is 18.3 Å². The van der Waals surface area contributed by atoms with Crippen molar-refractivity contribution in [3.8, 4) is 0 Å². The maximum absolute atomic E-state index is 13.1. The summed E-state index contributed by atoms with van der Waals surface area (Å²) >= 11 is 0. The number of amides is 1. The highest BCUT2D eigenvalue weighted by Crippen LogP contribution is 2.44. The number of rotatable bonds is 5. The molecule has 2 atom stereocenters. The first-order valence-electron chi connectivity index (χ1n) is 10.5. The molecule has 3 aromatic rings. The number of hydrogen-bond donors (Lipinski definition) is 1. The zero-order valence-corrected chi connectivity index (χ0v) is 17.6. The third-order valence-corrected chi connectivity index (χ3v) is 5.70. The molecule has 3 aromatic heterocycles. The minimum Gasteiger partial charge on any atom is -0.467 e. The number of carbonyl (C=O) groups is 2. The van der Waals surface area contributed by atoms with Gasteiger partial charge in [0.2, 0.25) is 0 Å². The molecule has 2 N–H and O–H groups in total. The van der Waals surface area contributed by atoms with Crippen molar-refractivity contribution in [1.29, 1.82) is 0 Å². The number of hydrazone groups is 1. The van der Waals surface area contributed by atoms with Gasteiger partial charge in [-0.25, -0.2) is 19.8 Å². The molecule has 1 fully saturated rings. The van der Waals surface area contributed by atoms with E-state index in [0.29, 0.717) is 5.76 Å². The molecule has 5 rings (SSSR count). The second kappa shape index (κ2) is 8.73. The van der Waals surface area contributed by atoms with Gasteiger partial charge >= 0.3 is 5.97 Å². The Morgan fingerprint density at radius 1 is 1.18 bits per heavy atom. The van der Waals surface area contributed by atoms with Crippen molar-refractivity contribution in [2.75, 3.05) is 12.3 Å². The smallest absolute Gasteiger partial charge is 0.361 e. The molecule has 0 spiro atoms. The van der Waals surface area contributed by atoms with Gasteiger partial charge in [0.15, 0.2) is 18.1 Å². The number of nitrogen functional groups attached to an aromatic ring is 1. The minimum atomic E-state index is -0.828. The molecule has 1 aliphatic heterocycles. The lowest BCUT2D eigenvalue weighted by molar-refractivity contribution is -0.137. The van der Waals surface area contributed by atoms with E-state index >= 15 is 0 Å². The summed E-state index contributed by atoms with van der Waals surface area (Å²) in [6.07, 6.45) is 10.4. The van der Waals surface area contributed by atoms with Crippen LogP contribution >= 0.6 is 0 Å². The van der Waals surface area contributed by atoms with E-state index in [1.165, 1.54) is 17.4 Å². The number of hydrogen-bond acceptors (Lipinski definition) is 9. The number of carbonyl (C=O) groups excluding carboxylic acids is 2. The number of aromatic nitrogens is 2. The summed E-state index contributed by atoms with van der Waals surface area (Å²) in [6.45, 7) is -0.521. The van der Waals surface area contributed by atoms with Crippen LogP contribution in [0.1, 0.15) is 47.3 Å². The number of anilines is 1. The zero-order valence-electron chi connectivity index (χ0n) is 17.6. The summed E-state index contributed by atoms with van der Waals surface area (Å²) in [7, 11) is 0. The lowest BCUT2D eigenvalue weighted by Crippen LogP contribution is -2.34. The number of furan rings is 2. The number of esters is 1. The van der Waals surface area contributed by atoms with E-state index in [0.717, 1.165) is 36.3 Å². The summed E-state index contributed by atoms with van der Waals surface area (Å²) < 4.78 is 16.3. The highest BCUT2D eigenvalue weighted by molar-refractivity contribution is 6.08. The number of fused-ring (bicyclic) bond motifs is 1. The Morgan fingerprint density at radius 2 is 2.00 bits per heavy atom. The van der Waals surface area contributed by atoms with Gasteiger partial charge in [-0.15, -0.1) is 0 Å². The van der Waals surface area contributed by atoms with E-state index in [1.807, 2.05) is 24.3 Å². The molecule has 33 heavy (non-hydrogen) atoms. The van der Waals surface area contributed by atoms with Gasteiger partial charge in [-0.2, -0.15) is 5.10 Å². The van der Waals surface area contributed by atoms with E-state index in [4.69, 9.17) is 19.3 Å². The van der Waals surface area contributed by atoms with E-state index < -0.39 is 24.5 Å². The van der Waals surface area contributed by atoms with Crippen molar-refractivity contribution >= 4 is 29.5 Å². The Hall–Kier alpha value is -4.21. The van der Waals surface area contributed by atoms with Crippen molar-refractivity contribution in [3.05, 3.63) is 72.0 Å². The maximum atomic E-state index is 13.1. The average molecular weight is 447 g/mol. The molecule has 0 saturated heterocycles. The quantitative estimate of drug-likeness (QED) is 0.589. The van der Waals surface area contributed by atoms with Crippen LogP contribution in [0.25, 0.3) is 6.08 Å². The number of ether oxygens (including phenoxy) is 1. The van der Waals surface area contributed by atoms with E-state index in [-0.39, 0.29) is 17.4 Å². The summed E-state index contributed by atoms with van der Waals surface area (Å²) in [5.41, 5.74) is 7.36. The summed E-state index contributed by atoms with van der Waals surface area (Å²) in [5.74, 6) is -0.0680. The van der Waals surface area contributed by atoms with Gasteiger partial charge in [0.25, 0.3) is 5.91 Å². The van der Waals surface area contributed by atoms with Crippen LogP contribution in [0, 0.1) is 5.92 Å². The zero-order chi connectivity index (χ0) is 22.8. The molecular formula is C23H21N5O5. The fourth-order valence-corrected chi connectivity index (χ4v) is 4.26. The first kappa shape index (κ1) is 20.7. The highest BCUT2D eigenvalue weighted by Gasteiger charge is 2.45. The number of nitrogens with zero attached hydrogens (tertiary/aromatic N) is 4. The molecular weight excluding hydrogens is 426 g/mol. The normalized spacial score (nSPS) is 21.0. The van der Waals surface area contributed by atoms with Gasteiger partial charge in [-0.1, -0.05) is 0 Å². The van der Waals surface area contributed by atoms with Crippen molar-refractivity contribution in [1.82, 2.24) is 15.0 Å². The Morgan fingerprint density at radius 3 is 2.76 bits per heavy atom. The van der Waals surface area contributed by atoms with Crippen molar-refractivity contribution in [2.45, 2.75) is 25.3 Å². The fourth-order valence-electron chi connectivity index (χ4n) is 4.26. The summed E-state index contributed by atoms with van der Waals surface area (Å²) in [4.78, 5) is 33.1. The van der Waals surface area contributed by atoms with Crippen LogP contribution in [0.15, 0.2) is 68.7 Å². The molecule has 10 heteroatoms. The summed E-state index contributed by atoms with van der Waals surface area (Å²) in [5, 5.41) is 6.02. The molecule has 0 radical (unpaired) electrons. The number of nitrogens with two attached hydrogens (primary N) is 1. The fraction of sp³-hybridized carbons (Fsp3) is 0.261. The third kappa shape index (κ3) is 4.02. The van der Waals surface area contributed by atoms with Gasteiger partial charge in [0.05, 0.1) is 18.2 Å². The Balaban J connectivity index is 1.40. The van der Waals surface area contributed by atoms with Crippen molar-refractivity contribution < 1.29 is 23.2 Å². The standard InChI is InChI=1S/C23H21N5O5/c24-22-20(25-8-9-26-22)23(30)33-13-18(29)28-21(17-7-3-11-32-17)16-6-1-4-14(19(16)27-28)12-15-5-2-10-31-15/h2-3,5,7-12,16,21H,1,4,6,13H2,(H2,24,26)/b14-12+. The van der Waals surface area contributed by atoms with Gasteiger partial charge < -0.3 is 19.3 Å². The van der Waals surface area contributed by atoms with Gasteiger partial charge in [-0.05, 0) is 55.2 Å². The van der Waals surface area contributed by atoms with E-state index in [1.54, 1.807) is 18.6 Å². The predicted molar refractivity (Wildman–Crippen MR) is 116 cm³/mol. The van der Waals surface area contributed by atoms with Crippen LogP contribution in [-0.4, -0.2) is 39.2 Å². The van der Waals surface area contributed by atoms with E-state index in [9.17, 15) is 9.59 Å². The van der Waals surface area contributed by atoms with Crippen LogP contribution in [0.4, 0.5) is 5.82 Å². The minimum absolute atomic E-state index is 0.0404. The third-order valence-electron chi connectivity index (χ3n) is 5.70. The molecule has 1 amide bonds. The molecule has 0 aromatic carbocycles. The van der Waals surface area contributed by atoms with Crippen LogP contribution < -0.4 is 5.73 Å². The lowest BCUT2D eigenvalue weighted by Gasteiger charge is -2.27. The molecule has 1 saturated carbocycles. The highest BCUT2D eigenvalue weighted by atomic mass is 16.5. The first-order chi connectivity index (χ1) is 16.1. The van der Waals surface area contributed by atoms with Gasteiger partial charge in [-0.3, -0.25) is 4.79 Å². The van der Waals surface area contributed by atoms with E-state index in [2.05, 4.69) is 15.1 Å². The Labute approximate surface area is 188 Å². The largest absolute Gasteiger partial charge is 0.467 e. The second-order valence-corrected chi connectivity index (χ2v) is 7.73. The van der Waals surface area contributed by atoms with Crippen LogP contribution in [0.3, 0.4) is 0 Å². The van der Waals surface area contributed by atoms with Crippen LogP contribution in [0.2, 0.25) is 0 Å². The molecule has 2 aliphatic rings. The second-order valence-electron chi connectivity index (χ2n) is 7.73. The SMILES string of the molecule is Nc1nccnc1C(=O)OCC(=O)N1N=C2/C(=C/c3ccco3)CCCC2C1c1ccco1. The topological polar surface area (TPSA) is 137 Å². The molecule has 0 bridgehead atoms. The van der Waals surface area contributed by atoms with Crippen molar-refractivity contribution in [2.24, 2.45) is 11.0 Å². The average Bonchev–Trinajstić information content (AvgIpc) is 3.58. The van der Waals surface area contributed by atoms with Crippen molar-refractivity contribution in [3.63, 3.8) is 0 Å². The monoisotopic (exact) mass is 447 g/mol. The molecule has 10 nitrogen and oxygen atoms in total. The van der Waals surface area contributed by atoms with Gasteiger partial charge in [0.1, 0.15) is 17.6 Å². The lowest BCUT2D eigenvalue weighted by atomic mass is 9.79. The Bertz CT molecular complexity index is 1220. The Kier molecular flexibility index (Phi) is 5.47. The number of allylic oxidation sites excluding steroid dienone is 1. The molecule has 1 aliphatic carbocycles.